The second-order valence-electron chi connectivity index (χ2n) is 8.18. The van der Waals surface area contributed by atoms with Gasteiger partial charge in [-0.3, -0.25) is 9.10 Å². The molecule has 3 aromatic rings. The lowest BCUT2D eigenvalue weighted by atomic mass is 10.1. The lowest BCUT2D eigenvalue weighted by Gasteiger charge is -2.24. The van der Waals surface area contributed by atoms with Gasteiger partial charge in [0, 0.05) is 18.2 Å². The monoisotopic (exact) mass is 494 g/mol. The summed E-state index contributed by atoms with van der Waals surface area (Å²) in [7, 11) is -2.36. The van der Waals surface area contributed by atoms with E-state index in [4.69, 9.17) is 9.47 Å². The predicted octanol–water partition coefficient (Wildman–Crippen LogP) is 3.31. The molecule has 0 fully saturated rings. The van der Waals surface area contributed by atoms with Crippen LogP contribution in [0.25, 0.3) is 0 Å². The number of ether oxygens (including phenoxy) is 2. The largest absolute Gasteiger partial charge is 0.496 e. The minimum absolute atomic E-state index is 0.0175. The van der Waals surface area contributed by atoms with E-state index in [2.05, 4.69) is 5.32 Å². The highest BCUT2D eigenvalue weighted by Gasteiger charge is 2.36. The van der Waals surface area contributed by atoms with E-state index in [9.17, 15) is 18.0 Å². The first kappa shape index (κ1) is 24.3. The van der Waals surface area contributed by atoms with Crippen LogP contribution in [-0.4, -0.2) is 40.1 Å². The van der Waals surface area contributed by atoms with Gasteiger partial charge in [0.15, 0.2) is 6.61 Å². The van der Waals surface area contributed by atoms with Crippen molar-refractivity contribution in [2.24, 2.45) is 0 Å². The molecule has 1 aliphatic rings. The van der Waals surface area contributed by atoms with E-state index < -0.39 is 28.5 Å². The highest BCUT2D eigenvalue weighted by molar-refractivity contribution is 7.92. The summed E-state index contributed by atoms with van der Waals surface area (Å²) >= 11 is 0. The van der Waals surface area contributed by atoms with Crippen LogP contribution in [0.4, 0.5) is 5.69 Å². The molecule has 1 atom stereocenters. The van der Waals surface area contributed by atoms with Crippen LogP contribution in [0.5, 0.6) is 5.75 Å². The molecule has 1 unspecified atom stereocenters. The number of sulfonamides is 1. The number of benzene rings is 3. The number of carbonyl (C=O) groups excluding carboxylic acids is 2. The number of esters is 1. The Balaban J connectivity index is 1.41. The first-order valence-electron chi connectivity index (χ1n) is 11.1. The molecular weight excluding hydrogens is 468 g/mol. The summed E-state index contributed by atoms with van der Waals surface area (Å²) in [5, 5.41) is 2.67. The van der Waals surface area contributed by atoms with Crippen molar-refractivity contribution in [3.8, 4) is 5.75 Å². The Bertz CT molecular complexity index is 1360. The highest BCUT2D eigenvalue weighted by atomic mass is 32.2. The summed E-state index contributed by atoms with van der Waals surface area (Å²) in [6, 6.07) is 20.0. The van der Waals surface area contributed by atoms with Gasteiger partial charge in [0.2, 0.25) is 0 Å². The molecule has 35 heavy (non-hydrogen) atoms. The zero-order chi connectivity index (χ0) is 25.0. The van der Waals surface area contributed by atoms with E-state index in [1.807, 2.05) is 37.3 Å². The van der Waals surface area contributed by atoms with Gasteiger partial charge >= 0.3 is 5.97 Å². The normalized spacial score (nSPS) is 14.8. The summed E-state index contributed by atoms with van der Waals surface area (Å²) in [5.41, 5.74) is 2.42. The van der Waals surface area contributed by atoms with Crippen LogP contribution in [0, 0.1) is 0 Å². The van der Waals surface area contributed by atoms with Crippen molar-refractivity contribution in [2.45, 2.75) is 30.8 Å². The van der Waals surface area contributed by atoms with E-state index >= 15 is 0 Å². The Morgan fingerprint density at radius 1 is 1.03 bits per heavy atom. The first-order valence-corrected chi connectivity index (χ1v) is 12.5. The lowest BCUT2D eigenvalue weighted by Crippen LogP contribution is -2.35. The van der Waals surface area contributed by atoms with E-state index in [1.54, 1.807) is 25.3 Å². The SMILES string of the molecule is COc1ccccc1CNC(=O)COC(=O)c1cccc(S(=O)(=O)N2c3ccccc3CC2C)c1. The van der Waals surface area contributed by atoms with Gasteiger partial charge in [0.05, 0.1) is 23.3 Å². The molecule has 0 radical (unpaired) electrons. The third-order valence-corrected chi connectivity index (χ3v) is 7.70. The van der Waals surface area contributed by atoms with Crippen molar-refractivity contribution in [1.29, 1.82) is 0 Å². The molecule has 0 saturated heterocycles. The lowest BCUT2D eigenvalue weighted by molar-refractivity contribution is -0.124. The summed E-state index contributed by atoms with van der Waals surface area (Å²) in [6.45, 7) is 1.56. The average molecular weight is 495 g/mol. The van der Waals surface area contributed by atoms with Gasteiger partial charge in [-0.1, -0.05) is 42.5 Å². The molecule has 1 aliphatic heterocycles. The molecule has 9 heteroatoms. The maximum atomic E-state index is 13.4. The standard InChI is InChI=1S/C26H26N2O6S/c1-18-14-19-8-3-5-12-23(19)28(18)35(31,32)22-11-7-10-20(15-22)26(30)34-17-25(29)27-16-21-9-4-6-13-24(21)33-2/h3-13,15,18H,14,16-17H2,1-2H3,(H,27,29). The van der Waals surface area contributed by atoms with E-state index in [1.165, 1.54) is 28.6 Å². The molecule has 1 amide bonds. The molecule has 0 spiro atoms. The van der Waals surface area contributed by atoms with E-state index in [0.717, 1.165) is 11.1 Å². The number of hydrogen-bond donors (Lipinski definition) is 1. The Kier molecular flexibility index (Phi) is 7.07. The van der Waals surface area contributed by atoms with Gasteiger partial charge in [-0.25, -0.2) is 13.2 Å². The number of carbonyl (C=O) groups is 2. The molecule has 3 aromatic carbocycles. The molecule has 0 saturated carbocycles. The zero-order valence-electron chi connectivity index (χ0n) is 19.4. The van der Waals surface area contributed by atoms with Crippen LogP contribution < -0.4 is 14.4 Å². The second kappa shape index (κ2) is 10.2. The van der Waals surface area contributed by atoms with Gasteiger partial charge in [0.25, 0.3) is 15.9 Å². The minimum atomic E-state index is -3.90. The molecule has 182 valence electrons. The maximum absolute atomic E-state index is 13.4. The summed E-state index contributed by atoms with van der Waals surface area (Å²) in [5.74, 6) is -0.641. The number of para-hydroxylation sites is 2. The van der Waals surface area contributed by atoms with Gasteiger partial charge in [0.1, 0.15) is 5.75 Å². The van der Waals surface area contributed by atoms with Gasteiger partial charge < -0.3 is 14.8 Å². The topological polar surface area (TPSA) is 102 Å². The quantitative estimate of drug-likeness (QED) is 0.482. The summed E-state index contributed by atoms with van der Waals surface area (Å²) in [6.07, 6.45) is 0.612. The Hall–Kier alpha value is -3.85. The van der Waals surface area contributed by atoms with Crippen LogP contribution >= 0.6 is 0 Å². The molecule has 0 bridgehead atoms. The fraction of sp³-hybridized carbons (Fsp3) is 0.231. The number of anilines is 1. The Labute approximate surface area is 204 Å². The number of rotatable bonds is 8. The molecule has 1 N–H and O–H groups in total. The smallest absolute Gasteiger partial charge is 0.338 e. The molecule has 8 nitrogen and oxygen atoms in total. The van der Waals surface area contributed by atoms with Crippen molar-refractivity contribution in [3.05, 3.63) is 89.5 Å². The van der Waals surface area contributed by atoms with Crippen molar-refractivity contribution in [3.63, 3.8) is 0 Å². The average Bonchev–Trinajstić information content (AvgIpc) is 3.22. The number of hydrogen-bond acceptors (Lipinski definition) is 6. The van der Waals surface area contributed by atoms with Crippen LogP contribution in [0.1, 0.15) is 28.4 Å². The van der Waals surface area contributed by atoms with Crippen molar-refractivity contribution >= 4 is 27.6 Å². The summed E-state index contributed by atoms with van der Waals surface area (Å²) in [4.78, 5) is 24.7. The number of fused-ring (bicyclic) bond motifs is 1. The molecule has 1 heterocycles. The molecule has 0 aromatic heterocycles. The third kappa shape index (κ3) is 5.14. The number of methoxy groups -OCH3 is 1. The fourth-order valence-electron chi connectivity index (χ4n) is 4.11. The predicted molar refractivity (Wildman–Crippen MR) is 131 cm³/mol. The van der Waals surface area contributed by atoms with Crippen LogP contribution in [-0.2, 0) is 32.5 Å². The maximum Gasteiger partial charge on any atom is 0.338 e. The van der Waals surface area contributed by atoms with Gasteiger partial charge in [-0.15, -0.1) is 0 Å². The van der Waals surface area contributed by atoms with E-state index in [-0.39, 0.29) is 23.0 Å². The molecule has 4 rings (SSSR count). The Morgan fingerprint density at radius 2 is 1.77 bits per heavy atom. The minimum Gasteiger partial charge on any atom is -0.496 e. The van der Waals surface area contributed by atoms with Crippen LogP contribution in [0.15, 0.2) is 77.7 Å². The van der Waals surface area contributed by atoms with Crippen molar-refractivity contribution in [2.75, 3.05) is 18.0 Å². The molecule has 0 aliphatic carbocycles. The fourth-order valence-corrected chi connectivity index (χ4v) is 5.85. The number of amides is 1. The highest BCUT2D eigenvalue weighted by Crippen LogP contribution is 2.36. The molecular formula is C26H26N2O6S. The van der Waals surface area contributed by atoms with E-state index in [0.29, 0.717) is 17.9 Å². The summed E-state index contributed by atoms with van der Waals surface area (Å²) < 4.78 is 38.6. The third-order valence-electron chi connectivity index (χ3n) is 5.77. The Morgan fingerprint density at radius 3 is 2.57 bits per heavy atom. The van der Waals surface area contributed by atoms with Gasteiger partial charge in [-0.2, -0.15) is 0 Å². The number of nitrogens with one attached hydrogen (secondary N) is 1. The van der Waals surface area contributed by atoms with Crippen LogP contribution in [0.3, 0.4) is 0 Å². The van der Waals surface area contributed by atoms with Crippen LogP contribution in [0.2, 0.25) is 0 Å². The van der Waals surface area contributed by atoms with Crippen molar-refractivity contribution < 1.29 is 27.5 Å². The number of nitrogens with zero attached hydrogens (tertiary/aromatic N) is 1. The zero-order valence-corrected chi connectivity index (χ0v) is 20.2. The second-order valence-corrected chi connectivity index (χ2v) is 9.99. The van der Waals surface area contributed by atoms with Gasteiger partial charge in [-0.05, 0) is 49.2 Å². The first-order chi connectivity index (χ1) is 16.8. The van der Waals surface area contributed by atoms with Crippen molar-refractivity contribution in [1.82, 2.24) is 5.32 Å².